The van der Waals surface area contributed by atoms with Crippen LogP contribution in [0.3, 0.4) is 0 Å². The van der Waals surface area contributed by atoms with Crippen LogP contribution in [0.4, 0.5) is 0 Å². The van der Waals surface area contributed by atoms with Crippen molar-refractivity contribution in [2.24, 2.45) is 0 Å². The summed E-state index contributed by atoms with van der Waals surface area (Å²) >= 11 is 3.49. The topological polar surface area (TPSA) is 0 Å². The van der Waals surface area contributed by atoms with Crippen LogP contribution in [0.15, 0.2) is 28.7 Å². The van der Waals surface area contributed by atoms with Crippen LogP contribution in [0.1, 0.15) is 19.4 Å². The van der Waals surface area contributed by atoms with E-state index >= 15 is 0 Å². The molecule has 1 rings (SSSR count). The van der Waals surface area contributed by atoms with E-state index < -0.39 is 0 Å². The van der Waals surface area contributed by atoms with Gasteiger partial charge in [0.1, 0.15) is 0 Å². The first-order valence-electron chi connectivity index (χ1n) is 3.62. The first-order chi connectivity index (χ1) is 5.02. The lowest BCUT2D eigenvalue weighted by Crippen LogP contribution is -2.11. The van der Waals surface area contributed by atoms with Gasteiger partial charge in [-0.2, -0.15) is 0 Å². The summed E-state index contributed by atoms with van der Waals surface area (Å²) in [5.41, 5.74) is 1.24. The number of benzene rings is 1. The van der Waals surface area contributed by atoms with Crippen molar-refractivity contribution in [1.82, 2.24) is 0 Å². The summed E-state index contributed by atoms with van der Waals surface area (Å²) in [5.74, 6) is 0. The third-order valence-electron chi connectivity index (χ3n) is 1.60. The Morgan fingerprint density at radius 1 is 1.27 bits per heavy atom. The van der Waals surface area contributed by atoms with E-state index in [9.17, 15) is 0 Å². The Labute approximate surface area is 76.8 Å². The van der Waals surface area contributed by atoms with E-state index in [0.717, 1.165) is 4.47 Å². The van der Waals surface area contributed by atoms with Gasteiger partial charge < -0.3 is 0 Å². The molecule has 0 spiro atoms. The Morgan fingerprint density at radius 3 is 2.18 bits per heavy atom. The number of halogens is 1. The molecular formula is C10H12Br. The van der Waals surface area contributed by atoms with Crippen LogP contribution in [0.2, 0.25) is 0 Å². The van der Waals surface area contributed by atoms with Crippen molar-refractivity contribution >= 4 is 15.9 Å². The molecule has 0 aliphatic carbocycles. The van der Waals surface area contributed by atoms with Gasteiger partial charge in [0.05, 0.1) is 0 Å². The van der Waals surface area contributed by atoms with Crippen LogP contribution < -0.4 is 0 Å². The van der Waals surface area contributed by atoms with Gasteiger partial charge in [-0.3, -0.25) is 0 Å². The molecule has 0 aliphatic rings. The van der Waals surface area contributed by atoms with Crippen molar-refractivity contribution in [1.29, 1.82) is 0 Å². The molecule has 1 heteroatoms. The van der Waals surface area contributed by atoms with E-state index in [1.807, 2.05) is 18.2 Å². The van der Waals surface area contributed by atoms with Gasteiger partial charge in [-0.15, -0.1) is 0 Å². The predicted octanol–water partition coefficient (Wildman–Crippen LogP) is 3.56. The van der Waals surface area contributed by atoms with E-state index in [1.165, 1.54) is 5.56 Å². The highest BCUT2D eigenvalue weighted by atomic mass is 79.9. The predicted molar refractivity (Wildman–Crippen MR) is 52.5 cm³/mol. The summed E-state index contributed by atoms with van der Waals surface area (Å²) in [6.45, 7) is 8.28. The standard InChI is InChI=1S/C10H12Br/c1-10(2,3)8-6-4-5-7-9(8)11/h4-7H,1H2,2-3H3. The zero-order valence-electron chi connectivity index (χ0n) is 6.89. The van der Waals surface area contributed by atoms with Crippen LogP contribution in [0.25, 0.3) is 0 Å². The van der Waals surface area contributed by atoms with Crippen LogP contribution in [0, 0.1) is 6.92 Å². The van der Waals surface area contributed by atoms with E-state index in [4.69, 9.17) is 0 Å². The van der Waals surface area contributed by atoms with E-state index in [0.29, 0.717) is 0 Å². The van der Waals surface area contributed by atoms with Gasteiger partial charge in [0.15, 0.2) is 0 Å². The zero-order valence-corrected chi connectivity index (χ0v) is 8.48. The van der Waals surface area contributed by atoms with Gasteiger partial charge in [-0.25, -0.2) is 0 Å². The van der Waals surface area contributed by atoms with Crippen LogP contribution in [-0.4, -0.2) is 0 Å². The molecular weight excluding hydrogens is 200 g/mol. The Hall–Kier alpha value is -0.300. The Kier molecular flexibility index (Phi) is 2.38. The molecule has 0 N–H and O–H groups in total. The first-order valence-corrected chi connectivity index (χ1v) is 4.41. The third-order valence-corrected chi connectivity index (χ3v) is 2.29. The van der Waals surface area contributed by atoms with Crippen molar-refractivity contribution in [2.45, 2.75) is 19.3 Å². The lowest BCUT2D eigenvalue weighted by Gasteiger charge is -2.19. The van der Waals surface area contributed by atoms with E-state index in [1.54, 1.807) is 0 Å². The number of hydrogen-bond donors (Lipinski definition) is 0. The molecule has 0 aliphatic heterocycles. The minimum atomic E-state index is -0.0138. The summed E-state index contributed by atoms with van der Waals surface area (Å²) in [5, 5.41) is 0. The molecule has 11 heavy (non-hydrogen) atoms. The van der Waals surface area contributed by atoms with Crippen molar-refractivity contribution < 1.29 is 0 Å². The van der Waals surface area contributed by atoms with Crippen molar-refractivity contribution in [3.63, 3.8) is 0 Å². The molecule has 59 valence electrons. The monoisotopic (exact) mass is 211 g/mol. The highest BCUT2D eigenvalue weighted by molar-refractivity contribution is 9.10. The molecule has 1 aromatic rings. The number of rotatable bonds is 1. The summed E-state index contributed by atoms with van der Waals surface area (Å²) in [7, 11) is 0. The number of hydrogen-bond acceptors (Lipinski definition) is 0. The molecule has 1 radical (unpaired) electrons. The average molecular weight is 212 g/mol. The Morgan fingerprint density at radius 2 is 1.82 bits per heavy atom. The van der Waals surface area contributed by atoms with Gasteiger partial charge in [-0.1, -0.05) is 48.0 Å². The first kappa shape index (κ1) is 8.79. The maximum absolute atomic E-state index is 4.07. The highest BCUT2D eigenvalue weighted by Gasteiger charge is 2.15. The summed E-state index contributed by atoms with van der Waals surface area (Å²) in [6.07, 6.45) is 0. The SMILES string of the molecule is [CH2]C(C)(C)c1ccccc1Br. The molecule has 0 bridgehead atoms. The van der Waals surface area contributed by atoms with Gasteiger partial charge in [0.25, 0.3) is 0 Å². The fourth-order valence-electron chi connectivity index (χ4n) is 1.01. The zero-order chi connectivity index (χ0) is 8.48. The molecule has 0 amide bonds. The summed E-state index contributed by atoms with van der Waals surface area (Å²) < 4.78 is 1.14. The molecule has 0 atom stereocenters. The van der Waals surface area contributed by atoms with E-state index in [2.05, 4.69) is 42.8 Å². The fraction of sp³-hybridized carbons (Fsp3) is 0.300. The van der Waals surface area contributed by atoms with Gasteiger partial charge >= 0.3 is 0 Å². The van der Waals surface area contributed by atoms with Crippen molar-refractivity contribution in [2.75, 3.05) is 0 Å². The molecule has 0 fully saturated rings. The van der Waals surface area contributed by atoms with Crippen molar-refractivity contribution in [3.05, 3.63) is 41.2 Å². The highest BCUT2D eigenvalue weighted by Crippen LogP contribution is 2.28. The minimum Gasteiger partial charge on any atom is -0.0619 e. The van der Waals surface area contributed by atoms with Crippen LogP contribution in [-0.2, 0) is 5.41 Å². The maximum Gasteiger partial charge on any atom is 0.0212 e. The maximum atomic E-state index is 4.07. The van der Waals surface area contributed by atoms with Gasteiger partial charge in [0.2, 0.25) is 0 Å². The van der Waals surface area contributed by atoms with E-state index in [-0.39, 0.29) is 5.41 Å². The van der Waals surface area contributed by atoms with Gasteiger partial charge in [0, 0.05) is 4.47 Å². The fourth-order valence-corrected chi connectivity index (χ4v) is 1.83. The lowest BCUT2D eigenvalue weighted by atomic mass is 9.87. The second-order valence-electron chi connectivity index (χ2n) is 3.36. The molecule has 0 nitrogen and oxygen atoms in total. The Balaban J connectivity index is 3.14. The third kappa shape index (κ3) is 2.06. The minimum absolute atomic E-state index is 0.0138. The quantitative estimate of drug-likeness (QED) is 0.667. The second kappa shape index (κ2) is 2.98. The summed E-state index contributed by atoms with van der Waals surface area (Å²) in [4.78, 5) is 0. The average Bonchev–Trinajstić information content (AvgIpc) is 1.86. The Bertz CT molecular complexity index is 245. The molecule has 0 aromatic heterocycles. The van der Waals surface area contributed by atoms with Gasteiger partial charge in [-0.05, 0) is 24.0 Å². The summed E-state index contributed by atoms with van der Waals surface area (Å²) in [6, 6.07) is 8.19. The van der Waals surface area contributed by atoms with Crippen LogP contribution in [0.5, 0.6) is 0 Å². The molecule has 1 aromatic carbocycles. The largest absolute Gasteiger partial charge is 0.0619 e. The van der Waals surface area contributed by atoms with Crippen molar-refractivity contribution in [3.8, 4) is 0 Å². The smallest absolute Gasteiger partial charge is 0.0212 e. The molecule has 0 saturated heterocycles. The normalized spacial score (nSPS) is 11.6. The molecule has 0 heterocycles. The lowest BCUT2D eigenvalue weighted by molar-refractivity contribution is 0.661. The molecule has 0 saturated carbocycles. The van der Waals surface area contributed by atoms with Crippen LogP contribution >= 0.6 is 15.9 Å². The second-order valence-corrected chi connectivity index (χ2v) is 4.22. The molecule has 0 unspecified atom stereocenters.